The summed E-state index contributed by atoms with van der Waals surface area (Å²) >= 11 is 5.43. The Labute approximate surface area is 131 Å². The molecule has 0 saturated heterocycles. The van der Waals surface area contributed by atoms with E-state index in [0.717, 1.165) is 0 Å². The smallest absolute Gasteiger partial charge is 0.336 e. The van der Waals surface area contributed by atoms with Crippen molar-refractivity contribution >= 4 is 17.6 Å². The van der Waals surface area contributed by atoms with E-state index in [1.54, 1.807) is 6.92 Å². The van der Waals surface area contributed by atoms with Crippen molar-refractivity contribution in [2.24, 2.45) is 5.29 Å². The van der Waals surface area contributed by atoms with Crippen LogP contribution >= 0.6 is 11.6 Å². The third-order valence-corrected chi connectivity index (χ3v) is 3.09. The third kappa shape index (κ3) is 5.32. The Balaban J connectivity index is 2.36. The predicted molar refractivity (Wildman–Crippen MR) is 81.9 cm³/mol. The van der Waals surface area contributed by atoms with E-state index >= 15 is 0 Å². The van der Waals surface area contributed by atoms with Crippen LogP contribution in [0, 0.1) is 11.8 Å². The number of amides is 2. The Morgan fingerprint density at radius 1 is 1.45 bits per heavy atom. The summed E-state index contributed by atoms with van der Waals surface area (Å²) in [6.45, 7) is 2.42. The number of alkyl halides is 1. The number of hydrogen-bond acceptors (Lipinski definition) is 5. The highest BCUT2D eigenvalue weighted by molar-refractivity contribution is 6.18. The number of halogens is 1. The van der Waals surface area contributed by atoms with Gasteiger partial charge in [0.25, 0.3) is 5.56 Å². The number of rotatable bonds is 8. The van der Waals surface area contributed by atoms with E-state index in [0.29, 0.717) is 36.5 Å². The molecule has 0 aliphatic carbocycles. The number of hydrogen-bond donors (Lipinski definition) is 2. The lowest BCUT2D eigenvalue weighted by Crippen LogP contribution is -2.38. The van der Waals surface area contributed by atoms with E-state index in [9.17, 15) is 19.3 Å². The van der Waals surface area contributed by atoms with Crippen molar-refractivity contribution in [3.63, 3.8) is 0 Å². The van der Waals surface area contributed by atoms with Crippen LogP contribution in [0.2, 0.25) is 0 Å². The van der Waals surface area contributed by atoms with Crippen molar-refractivity contribution in [3.8, 4) is 0 Å². The first-order chi connectivity index (χ1) is 10.5. The average molecular weight is 332 g/mol. The van der Waals surface area contributed by atoms with E-state index < -0.39 is 17.3 Å². The van der Waals surface area contributed by atoms with Gasteiger partial charge in [-0.25, -0.2) is 9.59 Å². The number of urea groups is 1. The number of aromatic nitrogens is 2. The zero-order valence-electron chi connectivity index (χ0n) is 12.2. The van der Waals surface area contributed by atoms with Crippen molar-refractivity contribution in [2.45, 2.75) is 26.3 Å². The first kappa shape index (κ1) is 17.9. The second-order valence-electron chi connectivity index (χ2n) is 4.60. The highest BCUT2D eigenvalue weighted by Gasteiger charge is 2.11. The lowest BCUT2D eigenvalue weighted by molar-refractivity contribution is 0.202. The first-order valence-corrected chi connectivity index (χ1v) is 7.28. The van der Waals surface area contributed by atoms with Gasteiger partial charge in [0.1, 0.15) is 0 Å². The number of aryl methyl sites for hydroxylation is 2. The second kappa shape index (κ2) is 8.98. The number of H-pyrrole nitrogens is 1. The molecule has 0 aromatic carbocycles. The molecule has 1 rings (SSSR count). The minimum atomic E-state index is -0.604. The van der Waals surface area contributed by atoms with Crippen LogP contribution in [0.3, 0.4) is 0 Å². The van der Waals surface area contributed by atoms with E-state index in [-0.39, 0.29) is 12.4 Å². The van der Waals surface area contributed by atoms with Crippen LogP contribution in [0.4, 0.5) is 4.79 Å². The summed E-state index contributed by atoms with van der Waals surface area (Å²) in [6, 6.07) is -0.604. The maximum atomic E-state index is 11.5. The Morgan fingerprint density at radius 2 is 2.18 bits per heavy atom. The van der Waals surface area contributed by atoms with E-state index in [2.05, 4.69) is 15.6 Å². The van der Waals surface area contributed by atoms with Crippen LogP contribution < -0.4 is 16.6 Å². The minimum absolute atomic E-state index is 0.0446. The maximum absolute atomic E-state index is 11.5. The molecule has 0 bridgehead atoms. The van der Waals surface area contributed by atoms with E-state index in [1.807, 2.05) is 0 Å². The summed E-state index contributed by atoms with van der Waals surface area (Å²) in [5, 5.41) is 5.80. The fourth-order valence-electron chi connectivity index (χ4n) is 1.74. The summed E-state index contributed by atoms with van der Waals surface area (Å²) in [7, 11) is 0. The van der Waals surface area contributed by atoms with Gasteiger partial charge in [-0.3, -0.25) is 9.78 Å². The number of nitrogens with zero attached hydrogens (tertiary/aromatic N) is 3. The Kier molecular flexibility index (Phi) is 7.30. The van der Waals surface area contributed by atoms with Crippen molar-refractivity contribution in [1.82, 2.24) is 19.9 Å². The van der Waals surface area contributed by atoms with Gasteiger partial charge in [0.15, 0.2) is 0 Å². The molecule has 0 atom stereocenters. The molecule has 0 saturated carbocycles. The largest absolute Gasteiger partial charge is 0.340 e. The maximum Gasteiger partial charge on any atom is 0.340 e. The number of carbonyl (C=O) groups is 1. The number of carbonyl (C=O) groups excluding carboxylic acids is 1. The quantitative estimate of drug-likeness (QED) is 0.313. The summed E-state index contributed by atoms with van der Waals surface area (Å²) in [5.74, 6) is 0.119. The lowest BCUT2D eigenvalue weighted by Gasteiger charge is -2.12. The first-order valence-electron chi connectivity index (χ1n) is 6.74. The molecule has 122 valence electrons. The fraction of sp³-hybridized carbons (Fsp3) is 0.583. The molecule has 0 radical (unpaired) electrons. The fourth-order valence-corrected chi connectivity index (χ4v) is 1.90. The number of nitrogens with one attached hydrogen (secondary N) is 2. The third-order valence-electron chi connectivity index (χ3n) is 2.92. The Morgan fingerprint density at radius 3 is 2.82 bits per heavy atom. The van der Waals surface area contributed by atoms with Gasteiger partial charge >= 0.3 is 11.7 Å². The standard InChI is InChI=1S/C12H18ClN5O4/c1-9-8-17(12(21)15-10(9)19)6-3-2-5-14-11(20)18(16-22)7-4-13/h8H,2-7H2,1H3,(H,14,20)(H,15,19,21). The molecule has 9 nitrogen and oxygen atoms in total. The molecule has 22 heavy (non-hydrogen) atoms. The molecule has 1 aromatic rings. The normalized spacial score (nSPS) is 10.3. The molecule has 0 fully saturated rings. The molecule has 10 heteroatoms. The van der Waals surface area contributed by atoms with Gasteiger partial charge in [-0.2, -0.15) is 5.01 Å². The molecular formula is C12H18ClN5O4. The van der Waals surface area contributed by atoms with Crippen molar-refractivity contribution in [3.05, 3.63) is 37.5 Å². The second-order valence-corrected chi connectivity index (χ2v) is 4.98. The van der Waals surface area contributed by atoms with Crippen LogP contribution in [-0.4, -0.2) is 39.6 Å². The van der Waals surface area contributed by atoms with E-state index in [1.165, 1.54) is 10.8 Å². The van der Waals surface area contributed by atoms with Crippen molar-refractivity contribution in [1.29, 1.82) is 0 Å². The van der Waals surface area contributed by atoms with Gasteiger partial charge in [0.2, 0.25) is 0 Å². The zero-order valence-corrected chi connectivity index (χ0v) is 12.9. The molecule has 0 aliphatic heterocycles. The highest BCUT2D eigenvalue weighted by Crippen LogP contribution is 1.95. The summed E-state index contributed by atoms with van der Waals surface area (Å²) < 4.78 is 1.41. The van der Waals surface area contributed by atoms with Gasteiger partial charge in [0.05, 0.1) is 11.8 Å². The molecule has 0 aliphatic rings. The van der Waals surface area contributed by atoms with Crippen LogP contribution in [0.25, 0.3) is 0 Å². The molecule has 2 amide bonds. The monoisotopic (exact) mass is 331 g/mol. The van der Waals surface area contributed by atoms with E-state index in [4.69, 9.17) is 11.6 Å². The van der Waals surface area contributed by atoms with Gasteiger partial charge in [0, 0.05) is 30.7 Å². The number of nitroso groups, excluding NO2 is 1. The summed E-state index contributed by atoms with van der Waals surface area (Å²) in [5.41, 5.74) is -0.394. The Bertz CT molecular complexity index is 627. The van der Waals surface area contributed by atoms with Crippen LogP contribution in [0.15, 0.2) is 21.1 Å². The van der Waals surface area contributed by atoms with Crippen LogP contribution in [-0.2, 0) is 6.54 Å². The topological polar surface area (TPSA) is 117 Å². The number of unbranched alkanes of at least 4 members (excludes halogenated alkanes) is 1. The average Bonchev–Trinajstić information content (AvgIpc) is 2.49. The lowest BCUT2D eigenvalue weighted by atomic mass is 10.3. The SMILES string of the molecule is Cc1cn(CCCCNC(=O)N(CCCl)N=O)c(=O)[nH]c1=O. The summed E-state index contributed by atoms with van der Waals surface area (Å²) in [6.07, 6.45) is 2.72. The summed E-state index contributed by atoms with van der Waals surface area (Å²) in [4.78, 5) is 46.9. The van der Waals surface area contributed by atoms with Crippen molar-refractivity contribution in [2.75, 3.05) is 19.0 Å². The van der Waals surface area contributed by atoms with Crippen LogP contribution in [0.1, 0.15) is 18.4 Å². The van der Waals surface area contributed by atoms with Gasteiger partial charge in [-0.05, 0) is 19.8 Å². The van der Waals surface area contributed by atoms with Crippen molar-refractivity contribution < 1.29 is 4.79 Å². The molecular weight excluding hydrogens is 314 g/mol. The molecule has 1 aromatic heterocycles. The van der Waals surface area contributed by atoms with Gasteiger partial charge in [-0.1, -0.05) is 0 Å². The van der Waals surface area contributed by atoms with Gasteiger partial charge in [-0.15, -0.1) is 16.5 Å². The highest BCUT2D eigenvalue weighted by atomic mass is 35.5. The molecule has 0 unspecified atom stereocenters. The minimum Gasteiger partial charge on any atom is -0.336 e. The zero-order chi connectivity index (χ0) is 16.5. The molecule has 1 heterocycles. The van der Waals surface area contributed by atoms with Crippen LogP contribution in [0.5, 0.6) is 0 Å². The molecule has 0 spiro atoms. The predicted octanol–water partition coefficient (Wildman–Crippen LogP) is 0.557. The molecule has 2 N–H and O–H groups in total. The number of aromatic amines is 1. The Hall–Kier alpha value is -2.16. The van der Waals surface area contributed by atoms with Gasteiger partial charge < -0.3 is 9.88 Å².